The van der Waals surface area contributed by atoms with Gasteiger partial charge in [-0.2, -0.15) is 0 Å². The molecular weight excluding hydrogens is 305 g/mol. The number of rotatable bonds is 6. The lowest BCUT2D eigenvalue weighted by molar-refractivity contribution is -0.128. The summed E-state index contributed by atoms with van der Waals surface area (Å²) in [4.78, 5) is 12.2. The molecule has 0 saturated carbocycles. The highest BCUT2D eigenvalue weighted by molar-refractivity contribution is 6.31. The second-order valence-corrected chi connectivity index (χ2v) is 5.19. The van der Waals surface area contributed by atoms with Gasteiger partial charge in [-0.1, -0.05) is 36.7 Å². The van der Waals surface area contributed by atoms with E-state index in [9.17, 15) is 9.18 Å². The molecule has 0 saturated heterocycles. The Morgan fingerprint density at radius 2 is 1.91 bits per heavy atom. The Kier molecular flexibility index (Phi) is 5.78. The lowest BCUT2D eigenvalue weighted by atomic mass is 10.2. The van der Waals surface area contributed by atoms with Crippen molar-refractivity contribution in [2.45, 2.75) is 26.0 Å². The molecule has 2 rings (SSSR count). The maximum Gasteiger partial charge on any atom is 0.261 e. The number of amides is 1. The van der Waals surface area contributed by atoms with Crippen LogP contribution in [-0.2, 0) is 11.3 Å². The van der Waals surface area contributed by atoms with Crippen molar-refractivity contribution >= 4 is 17.5 Å². The summed E-state index contributed by atoms with van der Waals surface area (Å²) in [7, 11) is 0. The summed E-state index contributed by atoms with van der Waals surface area (Å²) in [5.41, 5.74) is 0.842. The minimum Gasteiger partial charge on any atom is -0.481 e. The largest absolute Gasteiger partial charge is 0.481 e. The van der Waals surface area contributed by atoms with Gasteiger partial charge in [0, 0.05) is 11.6 Å². The van der Waals surface area contributed by atoms with E-state index in [0.29, 0.717) is 23.7 Å². The molecular formula is C17H17ClFNO2. The zero-order valence-electron chi connectivity index (χ0n) is 12.2. The van der Waals surface area contributed by atoms with Crippen LogP contribution in [0.1, 0.15) is 18.9 Å². The minimum atomic E-state index is -0.632. The Hall–Kier alpha value is -2.07. The van der Waals surface area contributed by atoms with Crippen molar-refractivity contribution < 1.29 is 13.9 Å². The van der Waals surface area contributed by atoms with Gasteiger partial charge in [0.2, 0.25) is 0 Å². The van der Waals surface area contributed by atoms with Crippen LogP contribution in [0, 0.1) is 5.82 Å². The fourth-order valence-corrected chi connectivity index (χ4v) is 2.14. The first-order chi connectivity index (χ1) is 10.6. The molecule has 0 fully saturated rings. The van der Waals surface area contributed by atoms with E-state index in [1.807, 2.05) is 25.1 Å². The van der Waals surface area contributed by atoms with Crippen molar-refractivity contribution in [3.63, 3.8) is 0 Å². The van der Waals surface area contributed by atoms with Crippen molar-refractivity contribution in [1.82, 2.24) is 5.32 Å². The highest BCUT2D eigenvalue weighted by atomic mass is 35.5. The summed E-state index contributed by atoms with van der Waals surface area (Å²) in [6.07, 6.45) is -0.126. The van der Waals surface area contributed by atoms with E-state index in [0.717, 1.165) is 5.56 Å². The van der Waals surface area contributed by atoms with E-state index in [4.69, 9.17) is 16.3 Å². The zero-order chi connectivity index (χ0) is 15.9. The predicted octanol–water partition coefficient (Wildman–Crippen LogP) is 3.95. The Morgan fingerprint density at radius 1 is 1.23 bits per heavy atom. The van der Waals surface area contributed by atoms with E-state index in [2.05, 4.69) is 5.32 Å². The van der Waals surface area contributed by atoms with E-state index in [1.165, 1.54) is 24.3 Å². The van der Waals surface area contributed by atoms with Crippen molar-refractivity contribution in [1.29, 1.82) is 0 Å². The van der Waals surface area contributed by atoms with E-state index in [-0.39, 0.29) is 11.7 Å². The van der Waals surface area contributed by atoms with Gasteiger partial charge in [-0.05, 0) is 42.3 Å². The molecule has 1 N–H and O–H groups in total. The Balaban J connectivity index is 1.94. The van der Waals surface area contributed by atoms with Crippen molar-refractivity contribution in [3.05, 3.63) is 64.9 Å². The van der Waals surface area contributed by atoms with Crippen LogP contribution in [-0.4, -0.2) is 12.0 Å². The molecule has 0 aliphatic carbocycles. The molecule has 0 aliphatic rings. The van der Waals surface area contributed by atoms with Crippen LogP contribution in [0.3, 0.4) is 0 Å². The lowest BCUT2D eigenvalue weighted by Gasteiger charge is -2.17. The Bertz CT molecular complexity index is 631. The molecule has 0 aliphatic heterocycles. The summed E-state index contributed by atoms with van der Waals surface area (Å²) in [6, 6.07) is 12.9. The number of halogens is 2. The van der Waals surface area contributed by atoms with Crippen LogP contribution in [0.2, 0.25) is 5.02 Å². The van der Waals surface area contributed by atoms with Crippen LogP contribution < -0.4 is 10.1 Å². The molecule has 1 atom stereocenters. The quantitative estimate of drug-likeness (QED) is 0.874. The third kappa shape index (κ3) is 4.46. The number of benzene rings is 2. The first-order valence-electron chi connectivity index (χ1n) is 7.03. The van der Waals surface area contributed by atoms with E-state index in [1.54, 1.807) is 6.07 Å². The summed E-state index contributed by atoms with van der Waals surface area (Å²) >= 11 is 6.05. The van der Waals surface area contributed by atoms with Gasteiger partial charge >= 0.3 is 0 Å². The van der Waals surface area contributed by atoms with Crippen molar-refractivity contribution in [3.8, 4) is 5.75 Å². The summed E-state index contributed by atoms with van der Waals surface area (Å²) < 4.78 is 18.5. The number of carbonyl (C=O) groups is 1. The van der Waals surface area contributed by atoms with E-state index < -0.39 is 6.10 Å². The molecule has 0 unspecified atom stereocenters. The maximum atomic E-state index is 12.9. The number of hydrogen-bond acceptors (Lipinski definition) is 2. The third-order valence-corrected chi connectivity index (χ3v) is 3.53. The van der Waals surface area contributed by atoms with Crippen LogP contribution in [0.5, 0.6) is 5.75 Å². The first-order valence-corrected chi connectivity index (χ1v) is 7.41. The fraction of sp³-hybridized carbons (Fsp3) is 0.235. The van der Waals surface area contributed by atoms with Gasteiger partial charge in [0.15, 0.2) is 6.10 Å². The van der Waals surface area contributed by atoms with Crippen LogP contribution >= 0.6 is 11.6 Å². The van der Waals surface area contributed by atoms with Crippen LogP contribution in [0.25, 0.3) is 0 Å². The van der Waals surface area contributed by atoms with Gasteiger partial charge in [0.1, 0.15) is 11.6 Å². The highest BCUT2D eigenvalue weighted by Gasteiger charge is 2.18. The van der Waals surface area contributed by atoms with Gasteiger partial charge in [0.05, 0.1) is 0 Å². The number of carbonyl (C=O) groups excluding carboxylic acids is 1. The van der Waals surface area contributed by atoms with Crippen LogP contribution in [0.4, 0.5) is 4.39 Å². The van der Waals surface area contributed by atoms with Crippen molar-refractivity contribution in [2.24, 2.45) is 0 Å². The zero-order valence-corrected chi connectivity index (χ0v) is 12.9. The van der Waals surface area contributed by atoms with Gasteiger partial charge in [-0.25, -0.2) is 4.39 Å². The van der Waals surface area contributed by atoms with Crippen LogP contribution in [0.15, 0.2) is 48.5 Å². The summed E-state index contributed by atoms with van der Waals surface area (Å²) in [5, 5.41) is 3.41. The molecule has 0 spiro atoms. The normalized spacial score (nSPS) is 11.8. The topological polar surface area (TPSA) is 38.3 Å². The molecule has 116 valence electrons. The molecule has 0 bridgehead atoms. The SMILES string of the molecule is CC[C@H](Oc1ccc(F)cc1)C(=O)NCc1ccccc1Cl. The average molecular weight is 322 g/mol. The number of nitrogens with one attached hydrogen (secondary N) is 1. The maximum absolute atomic E-state index is 12.9. The molecule has 3 nitrogen and oxygen atoms in total. The fourth-order valence-electron chi connectivity index (χ4n) is 1.94. The second-order valence-electron chi connectivity index (χ2n) is 4.78. The van der Waals surface area contributed by atoms with E-state index >= 15 is 0 Å². The van der Waals surface area contributed by atoms with Crippen molar-refractivity contribution in [2.75, 3.05) is 0 Å². The molecule has 2 aromatic carbocycles. The molecule has 0 aromatic heterocycles. The predicted molar refractivity (Wildman–Crippen MR) is 84.4 cm³/mol. The molecule has 0 heterocycles. The molecule has 22 heavy (non-hydrogen) atoms. The average Bonchev–Trinajstić information content (AvgIpc) is 2.53. The minimum absolute atomic E-state index is 0.230. The highest BCUT2D eigenvalue weighted by Crippen LogP contribution is 2.16. The Labute approximate surface area is 134 Å². The lowest BCUT2D eigenvalue weighted by Crippen LogP contribution is -2.37. The monoisotopic (exact) mass is 321 g/mol. The first kappa shape index (κ1) is 16.3. The molecule has 0 radical (unpaired) electrons. The summed E-state index contributed by atoms with van der Waals surface area (Å²) in [5.74, 6) is -0.114. The van der Waals surface area contributed by atoms with Gasteiger partial charge in [-0.3, -0.25) is 4.79 Å². The summed E-state index contributed by atoms with van der Waals surface area (Å²) in [6.45, 7) is 2.19. The molecule has 2 aromatic rings. The van der Waals surface area contributed by atoms with Gasteiger partial charge in [0.25, 0.3) is 5.91 Å². The number of ether oxygens (including phenoxy) is 1. The standard InChI is InChI=1S/C17H17ClFNO2/c1-2-16(22-14-9-7-13(19)8-10-14)17(21)20-11-12-5-3-4-6-15(12)18/h3-10,16H,2,11H2,1H3,(H,20,21)/t16-/m0/s1. The Morgan fingerprint density at radius 3 is 2.55 bits per heavy atom. The second kappa shape index (κ2) is 7.80. The van der Waals surface area contributed by atoms with Gasteiger partial charge in [-0.15, -0.1) is 0 Å². The molecule has 1 amide bonds. The number of hydrogen-bond donors (Lipinski definition) is 1. The van der Waals surface area contributed by atoms with Gasteiger partial charge < -0.3 is 10.1 Å². The molecule has 5 heteroatoms. The smallest absolute Gasteiger partial charge is 0.261 e. The third-order valence-electron chi connectivity index (χ3n) is 3.17.